The lowest BCUT2D eigenvalue weighted by atomic mass is 10.1. The molecule has 3 N–H and O–H groups in total. The maximum Gasteiger partial charge on any atom is 0.233 e. The molecule has 1 aromatic carbocycles. The van der Waals surface area contributed by atoms with Gasteiger partial charge in [0.15, 0.2) is 0 Å². The van der Waals surface area contributed by atoms with Crippen LogP contribution in [0.25, 0.3) is 0 Å². The van der Waals surface area contributed by atoms with Gasteiger partial charge in [0.05, 0.1) is 10.7 Å². The highest BCUT2D eigenvalue weighted by Crippen LogP contribution is 2.30. The molecule has 37 heavy (non-hydrogen) atoms. The first-order chi connectivity index (χ1) is 18.1. The van der Waals surface area contributed by atoms with E-state index in [4.69, 9.17) is 26.6 Å². The number of aromatic nitrogens is 3. The third kappa shape index (κ3) is 7.84. The molecule has 0 bridgehead atoms. The van der Waals surface area contributed by atoms with E-state index < -0.39 is 0 Å². The lowest BCUT2D eigenvalue weighted by molar-refractivity contribution is 0.277. The number of nitrogens with zero attached hydrogens (tertiary/aromatic N) is 5. The van der Waals surface area contributed by atoms with E-state index in [1.165, 1.54) is 45.1 Å². The van der Waals surface area contributed by atoms with Crippen molar-refractivity contribution in [2.24, 2.45) is 0 Å². The quantitative estimate of drug-likeness (QED) is 0.268. The largest absolute Gasteiger partial charge is 0.371 e. The molecule has 1 aliphatic heterocycles. The molecule has 1 unspecified atom stereocenters. The molecule has 8 nitrogen and oxygen atoms in total. The lowest BCUT2D eigenvalue weighted by Gasteiger charge is -2.24. The molecule has 2 aliphatic rings. The van der Waals surface area contributed by atoms with Crippen LogP contribution in [0.4, 0.5) is 29.2 Å². The first-order valence-electron chi connectivity index (χ1n) is 14.4. The van der Waals surface area contributed by atoms with Crippen molar-refractivity contribution in [1.29, 1.82) is 0 Å². The molecule has 2 fully saturated rings. The van der Waals surface area contributed by atoms with Crippen molar-refractivity contribution >= 4 is 40.8 Å². The Morgan fingerprint density at radius 3 is 2.41 bits per heavy atom. The molecule has 2 aromatic rings. The molecule has 9 heteroatoms. The molecule has 204 valence electrons. The molecule has 2 heterocycles. The van der Waals surface area contributed by atoms with Gasteiger partial charge in [-0.2, -0.15) is 15.0 Å². The van der Waals surface area contributed by atoms with Crippen molar-refractivity contribution in [1.82, 2.24) is 19.9 Å². The van der Waals surface area contributed by atoms with Gasteiger partial charge in [-0.3, -0.25) is 4.90 Å². The molecule has 0 spiro atoms. The Kier molecular flexibility index (Phi) is 10.5. The van der Waals surface area contributed by atoms with Crippen LogP contribution in [0, 0.1) is 0 Å². The Bertz CT molecular complexity index is 979. The maximum atomic E-state index is 6.70. The maximum absolute atomic E-state index is 6.70. The third-order valence-corrected chi connectivity index (χ3v) is 7.95. The summed E-state index contributed by atoms with van der Waals surface area (Å²) in [7, 11) is 0. The second-order valence-corrected chi connectivity index (χ2v) is 10.7. The number of anilines is 5. The van der Waals surface area contributed by atoms with Crippen LogP contribution >= 0.6 is 11.6 Å². The van der Waals surface area contributed by atoms with Crippen molar-refractivity contribution < 1.29 is 0 Å². The molecule has 0 radical (unpaired) electrons. The van der Waals surface area contributed by atoms with Gasteiger partial charge in [0.1, 0.15) is 0 Å². The number of likely N-dealkylation sites (tertiary alicyclic amines) is 1. The summed E-state index contributed by atoms with van der Waals surface area (Å²) in [6, 6.07) is 7.01. The van der Waals surface area contributed by atoms with Crippen molar-refractivity contribution in [3.05, 3.63) is 23.2 Å². The Morgan fingerprint density at radius 1 is 0.946 bits per heavy atom. The Hall–Kier alpha value is -2.32. The van der Waals surface area contributed by atoms with Crippen LogP contribution in [0.1, 0.15) is 78.6 Å². The van der Waals surface area contributed by atoms with Crippen LogP contribution in [0.3, 0.4) is 0 Å². The Labute approximate surface area is 228 Å². The summed E-state index contributed by atoms with van der Waals surface area (Å²) in [5.41, 5.74) is 1.93. The average molecular weight is 529 g/mol. The van der Waals surface area contributed by atoms with Gasteiger partial charge in [-0.25, -0.2) is 0 Å². The third-order valence-electron chi connectivity index (χ3n) is 7.64. The zero-order chi connectivity index (χ0) is 26.0. The Morgan fingerprint density at radius 2 is 1.70 bits per heavy atom. The van der Waals surface area contributed by atoms with E-state index in [-0.39, 0.29) is 0 Å². The number of benzene rings is 1. The summed E-state index contributed by atoms with van der Waals surface area (Å²) in [5, 5.41) is 11.2. The highest BCUT2D eigenvalue weighted by molar-refractivity contribution is 6.33. The molecular formula is C28H45ClN8. The predicted octanol–water partition coefficient (Wildman–Crippen LogP) is 6.54. The van der Waals surface area contributed by atoms with Gasteiger partial charge in [-0.05, 0) is 70.3 Å². The number of hydrogen-bond donors (Lipinski definition) is 3. The predicted molar refractivity (Wildman–Crippen MR) is 157 cm³/mol. The molecule has 1 saturated carbocycles. The van der Waals surface area contributed by atoms with Crippen LogP contribution in [0.2, 0.25) is 5.02 Å². The van der Waals surface area contributed by atoms with Crippen molar-refractivity contribution in [2.45, 2.75) is 90.6 Å². The molecular weight excluding hydrogens is 484 g/mol. The fraction of sp³-hybridized carbons (Fsp3) is 0.679. The lowest BCUT2D eigenvalue weighted by Crippen LogP contribution is -2.35. The topological polar surface area (TPSA) is 81.2 Å². The summed E-state index contributed by atoms with van der Waals surface area (Å²) < 4.78 is 0. The van der Waals surface area contributed by atoms with Gasteiger partial charge in [-0.1, -0.05) is 51.1 Å². The summed E-state index contributed by atoms with van der Waals surface area (Å²) in [5.74, 6) is 1.77. The zero-order valence-corrected chi connectivity index (χ0v) is 23.7. The van der Waals surface area contributed by atoms with Crippen molar-refractivity contribution in [3.8, 4) is 0 Å². The number of hydrogen-bond acceptors (Lipinski definition) is 8. The Balaban J connectivity index is 1.52. The van der Waals surface area contributed by atoms with Crippen LogP contribution in [-0.4, -0.2) is 64.7 Å². The molecule has 0 amide bonds. The van der Waals surface area contributed by atoms with E-state index >= 15 is 0 Å². The van der Waals surface area contributed by atoms with Crippen molar-refractivity contribution in [2.75, 3.05) is 53.6 Å². The summed E-state index contributed by atoms with van der Waals surface area (Å²) >= 11 is 6.70. The molecule has 1 aromatic heterocycles. The first-order valence-corrected chi connectivity index (χ1v) is 14.8. The monoisotopic (exact) mass is 528 g/mol. The van der Waals surface area contributed by atoms with E-state index in [2.05, 4.69) is 52.6 Å². The highest BCUT2D eigenvalue weighted by atomic mass is 35.5. The zero-order valence-electron chi connectivity index (χ0n) is 22.9. The molecule has 1 atom stereocenters. The van der Waals surface area contributed by atoms with Crippen LogP contribution in [0.5, 0.6) is 0 Å². The molecule has 1 aliphatic carbocycles. The van der Waals surface area contributed by atoms with Gasteiger partial charge in [0.2, 0.25) is 17.8 Å². The van der Waals surface area contributed by atoms with Crippen LogP contribution < -0.4 is 20.9 Å². The minimum Gasteiger partial charge on any atom is -0.371 e. The fourth-order valence-electron chi connectivity index (χ4n) is 5.62. The number of likely N-dealkylation sites (N-methyl/N-ethyl adjacent to an activating group) is 1. The molecule has 4 rings (SSSR count). The van der Waals surface area contributed by atoms with Gasteiger partial charge in [0.25, 0.3) is 0 Å². The SMILES string of the molecule is CCCN(CC)c1ccc(Nc2nc(NCC3CCCN3CC)nc(NC3CCCCCC3)n2)cc1Cl. The normalized spacial score (nSPS) is 19.0. The summed E-state index contributed by atoms with van der Waals surface area (Å²) in [4.78, 5) is 19.1. The second-order valence-electron chi connectivity index (χ2n) is 10.3. The van der Waals surface area contributed by atoms with E-state index in [1.807, 2.05) is 12.1 Å². The van der Waals surface area contributed by atoms with Crippen LogP contribution in [-0.2, 0) is 0 Å². The van der Waals surface area contributed by atoms with E-state index in [0.29, 0.717) is 29.9 Å². The van der Waals surface area contributed by atoms with E-state index in [1.54, 1.807) is 0 Å². The smallest absolute Gasteiger partial charge is 0.233 e. The highest BCUT2D eigenvalue weighted by Gasteiger charge is 2.23. The second kappa shape index (κ2) is 14.0. The van der Waals surface area contributed by atoms with E-state index in [9.17, 15) is 0 Å². The molecule has 1 saturated heterocycles. The van der Waals surface area contributed by atoms with Gasteiger partial charge < -0.3 is 20.9 Å². The summed E-state index contributed by atoms with van der Waals surface area (Å²) in [6.07, 6.45) is 11.0. The van der Waals surface area contributed by atoms with Gasteiger partial charge in [0, 0.05) is 37.4 Å². The number of rotatable bonds is 12. The minimum absolute atomic E-state index is 0.406. The minimum atomic E-state index is 0.406. The van der Waals surface area contributed by atoms with Crippen molar-refractivity contribution in [3.63, 3.8) is 0 Å². The van der Waals surface area contributed by atoms with Gasteiger partial charge in [-0.15, -0.1) is 0 Å². The standard InChI is InChI=1S/C28H45ClN8/c1-4-17-37(6-3)25-16-15-22(19-24(25)29)32-28-34-26(30-20-23-14-11-18-36(23)5-2)33-27(35-28)31-21-12-9-7-8-10-13-21/h15-16,19,21,23H,4-14,17-18,20H2,1-3H3,(H3,30,31,32,33,34,35). The van der Waals surface area contributed by atoms with Crippen LogP contribution in [0.15, 0.2) is 18.2 Å². The number of nitrogens with one attached hydrogen (secondary N) is 3. The first kappa shape index (κ1) is 27.7. The number of halogens is 1. The van der Waals surface area contributed by atoms with E-state index in [0.717, 1.165) is 61.8 Å². The average Bonchev–Trinajstić information content (AvgIpc) is 3.21. The summed E-state index contributed by atoms with van der Waals surface area (Å²) in [6.45, 7) is 11.6. The van der Waals surface area contributed by atoms with Gasteiger partial charge >= 0.3 is 0 Å². The fourth-order valence-corrected chi connectivity index (χ4v) is 5.92.